The van der Waals surface area contributed by atoms with Crippen LogP contribution in [0, 0.1) is 5.82 Å². The Balaban J connectivity index is 1.64. The van der Waals surface area contributed by atoms with Crippen molar-refractivity contribution in [2.45, 2.75) is 37.2 Å². The van der Waals surface area contributed by atoms with Crippen LogP contribution in [-0.4, -0.2) is 53.8 Å². The number of methoxy groups -OCH3 is 1. The molecule has 140 valence electrons. The van der Waals surface area contributed by atoms with Crippen LogP contribution in [0.1, 0.15) is 25.3 Å². The van der Waals surface area contributed by atoms with Gasteiger partial charge in [-0.1, -0.05) is 17.3 Å². The van der Waals surface area contributed by atoms with E-state index in [1.54, 1.807) is 19.1 Å². The molecule has 9 heteroatoms. The lowest BCUT2D eigenvalue weighted by molar-refractivity contribution is -0.217. The Morgan fingerprint density at radius 2 is 2.23 bits per heavy atom. The summed E-state index contributed by atoms with van der Waals surface area (Å²) in [6.45, 7) is 1.56. The molecule has 1 unspecified atom stereocenters. The largest absolute Gasteiger partial charge is 0.477 e. The fraction of sp³-hybridized carbons (Fsp3) is 0.471. The lowest BCUT2D eigenvalue weighted by atomic mass is 9.94. The number of oxime groups is 1. The highest BCUT2D eigenvalue weighted by atomic mass is 19.1. The minimum absolute atomic E-state index is 0.000426. The Kier molecular flexibility index (Phi) is 4.68. The van der Waals surface area contributed by atoms with Gasteiger partial charge in [0.05, 0.1) is 18.4 Å². The van der Waals surface area contributed by atoms with Gasteiger partial charge in [-0.3, -0.25) is 4.79 Å². The number of amides is 1. The maximum absolute atomic E-state index is 13.4. The normalized spacial score (nSPS) is 30.6. The molecule has 2 aliphatic heterocycles. The molecule has 1 aromatic carbocycles. The van der Waals surface area contributed by atoms with Crippen molar-refractivity contribution >= 4 is 17.6 Å². The number of carboxylic acid groups (broad SMARTS) is 1. The molecule has 8 nitrogen and oxygen atoms in total. The van der Waals surface area contributed by atoms with Crippen LogP contribution in [0.25, 0.3) is 0 Å². The Morgan fingerprint density at radius 3 is 2.85 bits per heavy atom. The van der Waals surface area contributed by atoms with Gasteiger partial charge in [-0.15, -0.1) is 0 Å². The average Bonchev–Trinajstić information content (AvgIpc) is 3.20. The van der Waals surface area contributed by atoms with Crippen molar-refractivity contribution in [2.24, 2.45) is 5.16 Å². The topological polar surface area (TPSA) is 106 Å². The van der Waals surface area contributed by atoms with Gasteiger partial charge in [0.25, 0.3) is 11.7 Å². The number of carbonyl (C=O) groups excluding carboxylic acids is 1. The predicted molar refractivity (Wildman–Crippen MR) is 86.9 cm³/mol. The maximum atomic E-state index is 13.4. The first-order valence-electron chi connectivity index (χ1n) is 8.02. The van der Waals surface area contributed by atoms with Crippen LogP contribution in [-0.2, 0) is 23.9 Å². The van der Waals surface area contributed by atoms with Gasteiger partial charge in [-0.05, 0) is 19.1 Å². The van der Waals surface area contributed by atoms with Crippen LogP contribution < -0.4 is 5.32 Å². The quantitative estimate of drug-likeness (QED) is 0.807. The second-order valence-electron chi connectivity index (χ2n) is 6.49. The van der Waals surface area contributed by atoms with Crippen molar-refractivity contribution in [2.75, 3.05) is 13.7 Å². The van der Waals surface area contributed by atoms with Gasteiger partial charge in [0.15, 0.2) is 0 Å². The van der Waals surface area contributed by atoms with E-state index in [9.17, 15) is 19.1 Å². The summed E-state index contributed by atoms with van der Waals surface area (Å²) in [7, 11) is 1.23. The molecule has 0 radical (unpaired) electrons. The SMILES string of the molecule is CO[C@@]1(C(=O)O)C[C@H](NC(=O)C2(C)CC(c3cccc(F)c3)=NO2)CO1. The van der Waals surface area contributed by atoms with Crippen molar-refractivity contribution in [3.8, 4) is 0 Å². The van der Waals surface area contributed by atoms with Crippen LogP contribution in [0.5, 0.6) is 0 Å². The van der Waals surface area contributed by atoms with E-state index in [1.165, 1.54) is 19.2 Å². The number of rotatable bonds is 5. The molecule has 2 N–H and O–H groups in total. The fourth-order valence-corrected chi connectivity index (χ4v) is 2.97. The molecule has 1 amide bonds. The molecule has 0 spiro atoms. The highest BCUT2D eigenvalue weighted by Gasteiger charge is 2.50. The Labute approximate surface area is 148 Å². The third kappa shape index (κ3) is 3.27. The average molecular weight is 366 g/mol. The predicted octanol–water partition coefficient (Wildman–Crippen LogP) is 1.04. The second-order valence-corrected chi connectivity index (χ2v) is 6.49. The van der Waals surface area contributed by atoms with E-state index in [0.717, 1.165) is 0 Å². The Morgan fingerprint density at radius 1 is 1.46 bits per heavy atom. The van der Waals surface area contributed by atoms with Crippen molar-refractivity contribution in [1.82, 2.24) is 5.32 Å². The number of carboxylic acids is 1. The van der Waals surface area contributed by atoms with Gasteiger partial charge in [-0.2, -0.15) is 0 Å². The number of carbonyl (C=O) groups is 2. The summed E-state index contributed by atoms with van der Waals surface area (Å²) in [6.07, 6.45) is 0.127. The smallest absolute Gasteiger partial charge is 0.364 e. The van der Waals surface area contributed by atoms with Gasteiger partial charge in [-0.25, -0.2) is 9.18 Å². The molecular formula is C17H19FN2O6. The number of hydrogen-bond donors (Lipinski definition) is 2. The molecule has 0 bridgehead atoms. The van der Waals surface area contributed by atoms with E-state index in [2.05, 4.69) is 10.5 Å². The van der Waals surface area contributed by atoms with E-state index in [4.69, 9.17) is 14.3 Å². The molecule has 1 saturated heterocycles. The third-order valence-corrected chi connectivity index (χ3v) is 4.52. The van der Waals surface area contributed by atoms with Crippen molar-refractivity contribution in [1.29, 1.82) is 0 Å². The molecule has 0 saturated carbocycles. The maximum Gasteiger partial charge on any atom is 0.364 e. The first-order valence-corrected chi connectivity index (χ1v) is 8.02. The number of nitrogens with zero attached hydrogens (tertiary/aromatic N) is 1. The summed E-state index contributed by atoms with van der Waals surface area (Å²) >= 11 is 0. The molecule has 2 heterocycles. The van der Waals surface area contributed by atoms with Crippen LogP contribution in [0.3, 0.4) is 0 Å². The highest BCUT2D eigenvalue weighted by molar-refractivity contribution is 6.05. The fourth-order valence-electron chi connectivity index (χ4n) is 2.97. The Bertz CT molecular complexity index is 769. The molecule has 1 aromatic rings. The molecular weight excluding hydrogens is 347 g/mol. The van der Waals surface area contributed by atoms with Crippen LogP contribution in [0.2, 0.25) is 0 Å². The third-order valence-electron chi connectivity index (χ3n) is 4.52. The molecule has 0 aromatic heterocycles. The summed E-state index contributed by atoms with van der Waals surface area (Å²) in [5.41, 5.74) is -0.278. The zero-order valence-electron chi connectivity index (χ0n) is 14.3. The van der Waals surface area contributed by atoms with Gasteiger partial charge in [0, 0.05) is 25.5 Å². The summed E-state index contributed by atoms with van der Waals surface area (Å²) in [4.78, 5) is 29.2. The van der Waals surface area contributed by atoms with Gasteiger partial charge in [0.1, 0.15) is 5.82 Å². The van der Waals surface area contributed by atoms with E-state index in [0.29, 0.717) is 11.3 Å². The van der Waals surface area contributed by atoms with Crippen LogP contribution in [0.4, 0.5) is 4.39 Å². The molecule has 3 rings (SSSR count). The van der Waals surface area contributed by atoms with Crippen LogP contribution >= 0.6 is 0 Å². The number of ether oxygens (including phenoxy) is 2. The number of benzene rings is 1. The number of halogens is 1. The summed E-state index contributed by atoms with van der Waals surface area (Å²) in [6, 6.07) is 5.32. The minimum Gasteiger partial charge on any atom is -0.477 e. The van der Waals surface area contributed by atoms with Gasteiger partial charge >= 0.3 is 5.97 Å². The minimum atomic E-state index is -1.77. The van der Waals surface area contributed by atoms with E-state index in [1.807, 2.05) is 0 Å². The van der Waals surface area contributed by atoms with Crippen LogP contribution in [0.15, 0.2) is 29.4 Å². The van der Waals surface area contributed by atoms with E-state index < -0.39 is 35.1 Å². The van der Waals surface area contributed by atoms with Gasteiger partial charge in [0.2, 0.25) is 5.60 Å². The standard InChI is InChI=1S/C17H19FN2O6/c1-16(8-13(20-26-16)10-4-3-5-11(18)6-10)14(21)19-12-7-17(24-2,15(22)23)25-9-12/h3-6,12H,7-9H2,1-2H3,(H,19,21)(H,22,23)/t12-,16?,17-/m0/s1. The molecule has 3 atom stereocenters. The lowest BCUT2D eigenvalue weighted by Crippen LogP contribution is -2.49. The van der Waals surface area contributed by atoms with E-state index in [-0.39, 0.29) is 19.4 Å². The van der Waals surface area contributed by atoms with Crippen molar-refractivity contribution < 1.29 is 33.4 Å². The number of aliphatic carboxylic acids is 1. The first-order chi connectivity index (χ1) is 12.3. The Hall–Kier alpha value is -2.52. The summed E-state index contributed by atoms with van der Waals surface area (Å²) < 4.78 is 23.5. The molecule has 26 heavy (non-hydrogen) atoms. The van der Waals surface area contributed by atoms with Crippen molar-refractivity contribution in [3.63, 3.8) is 0 Å². The monoisotopic (exact) mass is 366 g/mol. The molecule has 2 aliphatic rings. The van der Waals surface area contributed by atoms with Crippen molar-refractivity contribution in [3.05, 3.63) is 35.6 Å². The summed E-state index contributed by atoms with van der Waals surface area (Å²) in [5, 5.41) is 15.8. The lowest BCUT2D eigenvalue weighted by Gasteiger charge is -2.23. The zero-order valence-corrected chi connectivity index (χ0v) is 14.3. The second kappa shape index (κ2) is 6.65. The van der Waals surface area contributed by atoms with E-state index >= 15 is 0 Å². The first kappa shape index (κ1) is 18.3. The summed E-state index contributed by atoms with van der Waals surface area (Å²) in [5.74, 6) is -3.88. The highest BCUT2D eigenvalue weighted by Crippen LogP contribution is 2.30. The molecule has 1 fully saturated rings. The number of hydrogen-bond acceptors (Lipinski definition) is 6. The number of nitrogens with one attached hydrogen (secondary N) is 1. The zero-order chi connectivity index (χ0) is 18.9. The van der Waals surface area contributed by atoms with Gasteiger partial charge < -0.3 is 24.7 Å². The molecule has 0 aliphatic carbocycles.